The number of hydrogen-bond acceptors (Lipinski definition) is 5. The van der Waals surface area contributed by atoms with Gasteiger partial charge in [-0.1, -0.05) is 41.9 Å². The number of sulfonamides is 1. The summed E-state index contributed by atoms with van der Waals surface area (Å²) in [6, 6.07) is 11.0. The molecule has 0 unspecified atom stereocenters. The number of benzene rings is 2. The summed E-state index contributed by atoms with van der Waals surface area (Å²) in [4.78, 5) is 14.8. The molecule has 0 fully saturated rings. The van der Waals surface area contributed by atoms with E-state index in [4.69, 9.17) is 16.3 Å². The second-order valence-corrected chi connectivity index (χ2v) is 9.34. The number of carboxylic acids is 1. The summed E-state index contributed by atoms with van der Waals surface area (Å²) in [6.07, 6.45) is -4.24. The van der Waals surface area contributed by atoms with Crippen LogP contribution >= 0.6 is 11.6 Å². The van der Waals surface area contributed by atoms with Gasteiger partial charge in [0.25, 0.3) is 10.0 Å². The fourth-order valence-electron chi connectivity index (χ4n) is 3.27. The van der Waals surface area contributed by atoms with Crippen LogP contribution in [0.15, 0.2) is 59.6 Å². The average molecular weight is 515 g/mol. The Balaban J connectivity index is 2.23. The second kappa shape index (κ2) is 9.51. The molecule has 3 aromatic rings. The molecule has 0 radical (unpaired) electrons. The van der Waals surface area contributed by atoms with Crippen molar-refractivity contribution in [2.75, 3.05) is 11.4 Å². The molecule has 1 aromatic heterocycles. The molecule has 2 aromatic carbocycles. The fraction of sp³-hybridized carbons (Fsp3) is 0.182. The maximum absolute atomic E-state index is 13.8. The molecule has 3 rings (SSSR count). The molecule has 1 N–H and O–H groups in total. The monoisotopic (exact) mass is 514 g/mol. The van der Waals surface area contributed by atoms with Gasteiger partial charge in [0.05, 0.1) is 29.8 Å². The number of rotatable bonds is 7. The third-order valence-corrected chi connectivity index (χ3v) is 6.96. The Morgan fingerprint density at radius 1 is 1.18 bits per heavy atom. The Bertz CT molecular complexity index is 1330. The molecule has 34 heavy (non-hydrogen) atoms. The summed E-state index contributed by atoms with van der Waals surface area (Å²) < 4.78 is 72.8. The Hall–Kier alpha value is -3.31. The lowest BCUT2D eigenvalue weighted by Crippen LogP contribution is -2.32. The lowest BCUT2D eigenvalue weighted by Gasteiger charge is -2.26. The van der Waals surface area contributed by atoms with Gasteiger partial charge in [-0.15, -0.1) is 0 Å². The van der Waals surface area contributed by atoms with Gasteiger partial charge in [-0.2, -0.15) is 13.2 Å². The van der Waals surface area contributed by atoms with Crippen LogP contribution in [-0.2, 0) is 22.7 Å². The Kier molecular flexibility index (Phi) is 7.08. The van der Waals surface area contributed by atoms with Crippen LogP contribution in [0, 0.1) is 6.92 Å². The summed E-state index contributed by atoms with van der Waals surface area (Å²) in [5, 5.41) is 8.82. The SMILES string of the molecule is COc1c(S(=O)(=O)N(Cc2ccccc2)c2ncc(C(F)(F)F)cc2Cl)ccc(C(=O)O)c1C. The van der Waals surface area contributed by atoms with Gasteiger partial charge in [0.1, 0.15) is 10.6 Å². The van der Waals surface area contributed by atoms with Gasteiger partial charge in [0.15, 0.2) is 5.82 Å². The molecule has 1 heterocycles. The van der Waals surface area contributed by atoms with Crippen molar-refractivity contribution < 1.29 is 36.2 Å². The summed E-state index contributed by atoms with van der Waals surface area (Å²) in [5.74, 6) is -1.94. The number of alkyl halides is 3. The third kappa shape index (κ3) is 4.95. The molecule has 12 heteroatoms. The molecular formula is C22H18ClF3N2O5S. The second-order valence-electron chi connectivity index (χ2n) is 7.10. The maximum atomic E-state index is 13.8. The molecule has 0 bridgehead atoms. The predicted molar refractivity (Wildman–Crippen MR) is 119 cm³/mol. The van der Waals surface area contributed by atoms with Crippen molar-refractivity contribution >= 4 is 33.4 Å². The molecule has 0 spiro atoms. The molecule has 7 nitrogen and oxygen atoms in total. The van der Waals surface area contributed by atoms with Crippen molar-refractivity contribution in [2.45, 2.75) is 24.5 Å². The number of anilines is 1. The quantitative estimate of drug-likeness (QED) is 0.467. The number of methoxy groups -OCH3 is 1. The van der Waals surface area contributed by atoms with E-state index < -0.39 is 43.5 Å². The smallest absolute Gasteiger partial charge is 0.417 e. The van der Waals surface area contributed by atoms with Crippen molar-refractivity contribution in [1.82, 2.24) is 4.98 Å². The molecule has 0 atom stereocenters. The van der Waals surface area contributed by atoms with Crippen molar-refractivity contribution in [3.63, 3.8) is 0 Å². The number of ether oxygens (including phenoxy) is 1. The van der Waals surface area contributed by atoms with Crippen molar-refractivity contribution in [3.05, 3.63) is 82.0 Å². The average Bonchev–Trinajstić information content (AvgIpc) is 2.77. The van der Waals surface area contributed by atoms with Gasteiger partial charge >= 0.3 is 12.1 Å². The number of halogens is 4. The van der Waals surface area contributed by atoms with Crippen LogP contribution in [0.5, 0.6) is 5.75 Å². The molecule has 0 aliphatic carbocycles. The third-order valence-electron chi connectivity index (χ3n) is 4.93. The van der Waals surface area contributed by atoms with Crippen LogP contribution in [0.25, 0.3) is 0 Å². The summed E-state index contributed by atoms with van der Waals surface area (Å²) in [6.45, 7) is 1.07. The van der Waals surface area contributed by atoms with E-state index in [0.29, 0.717) is 17.8 Å². The normalized spacial score (nSPS) is 11.8. The molecule has 180 valence electrons. The predicted octanol–water partition coefficient (Wildman–Crippen LogP) is 5.16. The van der Waals surface area contributed by atoms with Crippen molar-refractivity contribution in [3.8, 4) is 5.75 Å². The standard InChI is InChI=1S/C22H18ClF3N2O5S/c1-13-16(21(29)30)8-9-18(19(13)33-2)34(31,32)28(12-14-6-4-3-5-7-14)20-17(23)10-15(11-27-20)22(24,25)26/h3-11H,12H2,1-2H3,(H,29,30). The number of carboxylic acid groups (broad SMARTS) is 1. The Morgan fingerprint density at radius 2 is 1.82 bits per heavy atom. The minimum Gasteiger partial charge on any atom is -0.495 e. The van der Waals surface area contributed by atoms with Gasteiger partial charge in [0, 0.05) is 11.8 Å². The Morgan fingerprint density at radius 3 is 2.35 bits per heavy atom. The first-order chi connectivity index (χ1) is 15.9. The van der Waals surface area contributed by atoms with Gasteiger partial charge in [-0.3, -0.25) is 0 Å². The van der Waals surface area contributed by atoms with Gasteiger partial charge in [-0.25, -0.2) is 22.5 Å². The zero-order chi connectivity index (χ0) is 25.3. The number of pyridine rings is 1. The van der Waals surface area contributed by atoms with Gasteiger partial charge < -0.3 is 9.84 Å². The minimum absolute atomic E-state index is 0.0576. The summed E-state index contributed by atoms with van der Waals surface area (Å²) in [7, 11) is -3.37. The zero-order valence-electron chi connectivity index (χ0n) is 17.8. The number of hydrogen-bond donors (Lipinski definition) is 1. The van der Waals surface area contributed by atoms with E-state index in [1.165, 1.54) is 14.0 Å². The number of carbonyl (C=O) groups is 1. The van der Waals surface area contributed by atoms with Crippen LogP contribution in [0.4, 0.5) is 19.0 Å². The van der Waals surface area contributed by atoms with E-state index >= 15 is 0 Å². The first kappa shape index (κ1) is 25.3. The van der Waals surface area contributed by atoms with Crippen molar-refractivity contribution in [1.29, 1.82) is 0 Å². The fourth-order valence-corrected chi connectivity index (χ4v) is 5.23. The first-order valence-electron chi connectivity index (χ1n) is 9.58. The zero-order valence-corrected chi connectivity index (χ0v) is 19.4. The van der Waals surface area contributed by atoms with E-state index in [9.17, 15) is 31.5 Å². The largest absolute Gasteiger partial charge is 0.495 e. The minimum atomic E-state index is -4.73. The molecular weight excluding hydrogens is 497 g/mol. The van der Waals surface area contributed by atoms with Gasteiger partial charge in [0.2, 0.25) is 0 Å². The van der Waals surface area contributed by atoms with Crippen LogP contribution in [-0.4, -0.2) is 31.6 Å². The Labute approximate surface area is 198 Å². The molecule has 0 aliphatic rings. The molecule has 0 saturated carbocycles. The van der Waals surface area contributed by atoms with E-state index in [1.807, 2.05) is 0 Å². The summed E-state index contributed by atoms with van der Waals surface area (Å²) >= 11 is 6.08. The molecule has 0 amide bonds. The van der Waals surface area contributed by atoms with Gasteiger partial charge in [-0.05, 0) is 30.7 Å². The van der Waals surface area contributed by atoms with E-state index in [0.717, 1.165) is 16.4 Å². The number of aromatic carboxylic acids is 1. The highest BCUT2D eigenvalue weighted by molar-refractivity contribution is 7.93. The van der Waals surface area contributed by atoms with E-state index in [2.05, 4.69) is 4.98 Å². The topological polar surface area (TPSA) is 96.8 Å². The maximum Gasteiger partial charge on any atom is 0.417 e. The lowest BCUT2D eigenvalue weighted by atomic mass is 10.1. The van der Waals surface area contributed by atoms with Crippen LogP contribution in [0.2, 0.25) is 5.02 Å². The summed E-state index contributed by atoms with van der Waals surface area (Å²) in [5.41, 5.74) is -0.752. The van der Waals surface area contributed by atoms with E-state index in [-0.39, 0.29) is 23.4 Å². The molecule has 0 aliphatic heterocycles. The first-order valence-corrected chi connectivity index (χ1v) is 11.4. The molecule has 0 saturated heterocycles. The van der Waals surface area contributed by atoms with Crippen LogP contribution in [0.1, 0.15) is 27.0 Å². The van der Waals surface area contributed by atoms with E-state index in [1.54, 1.807) is 30.3 Å². The highest BCUT2D eigenvalue weighted by Gasteiger charge is 2.35. The van der Waals surface area contributed by atoms with Crippen LogP contribution < -0.4 is 9.04 Å². The number of aromatic nitrogens is 1. The highest BCUT2D eigenvalue weighted by atomic mass is 35.5. The van der Waals surface area contributed by atoms with Crippen molar-refractivity contribution in [2.24, 2.45) is 0 Å². The highest BCUT2D eigenvalue weighted by Crippen LogP contribution is 2.38. The number of nitrogens with zero attached hydrogens (tertiary/aromatic N) is 2. The lowest BCUT2D eigenvalue weighted by molar-refractivity contribution is -0.137. The van der Waals surface area contributed by atoms with Crippen LogP contribution in [0.3, 0.4) is 0 Å².